The van der Waals surface area contributed by atoms with Crippen molar-refractivity contribution in [3.63, 3.8) is 0 Å². The molecule has 1 unspecified atom stereocenters. The maximum absolute atomic E-state index is 13.0. The molecule has 186 valence electrons. The summed E-state index contributed by atoms with van der Waals surface area (Å²) in [6, 6.07) is 1.58. The molecule has 0 radical (unpaired) electrons. The molecule has 15 heteroatoms. The van der Waals surface area contributed by atoms with E-state index in [0.29, 0.717) is 16.8 Å². The Balaban J connectivity index is 1.43. The maximum Gasteiger partial charge on any atom is 0.418 e. The highest BCUT2D eigenvalue weighted by molar-refractivity contribution is 7.13. The molecule has 4 rings (SSSR count). The summed E-state index contributed by atoms with van der Waals surface area (Å²) in [5.41, 5.74) is 0.246. The van der Waals surface area contributed by atoms with Gasteiger partial charge in [0, 0.05) is 25.0 Å². The number of aromatic nitrogens is 6. The van der Waals surface area contributed by atoms with E-state index in [-0.39, 0.29) is 16.4 Å². The lowest BCUT2D eigenvalue weighted by molar-refractivity contribution is -0.137. The van der Waals surface area contributed by atoms with Crippen LogP contribution in [0, 0.1) is 0 Å². The lowest BCUT2D eigenvalue weighted by atomic mass is 10.2. The third-order valence-electron chi connectivity index (χ3n) is 4.77. The van der Waals surface area contributed by atoms with Crippen molar-refractivity contribution in [2.45, 2.75) is 19.1 Å². The van der Waals surface area contributed by atoms with E-state index in [1.807, 2.05) is 0 Å². The summed E-state index contributed by atoms with van der Waals surface area (Å²) in [4.78, 5) is 41.3. The van der Waals surface area contributed by atoms with Gasteiger partial charge in [-0.2, -0.15) is 18.3 Å². The van der Waals surface area contributed by atoms with E-state index in [0.717, 1.165) is 23.1 Å². The number of carbonyl (C=O) groups is 2. The third-order valence-corrected chi connectivity index (χ3v) is 6.25. The average Bonchev–Trinajstić information content (AvgIpc) is 3.49. The van der Waals surface area contributed by atoms with Gasteiger partial charge in [-0.05, 0) is 19.1 Å². The largest absolute Gasteiger partial charge is 0.418 e. The Morgan fingerprint density at radius 3 is 2.56 bits per heavy atom. The first-order valence-electron chi connectivity index (χ1n) is 10.1. The molecule has 36 heavy (non-hydrogen) atoms. The van der Waals surface area contributed by atoms with Gasteiger partial charge >= 0.3 is 6.18 Å². The predicted octanol–water partition coefficient (Wildman–Crippen LogP) is 4.14. The SMILES string of the molecule is CC(NC(=O)c1cc(-c2cnn(C)c2)ncn1)c1ncc(C(=O)Nc2cc(C(F)(F)F)c(Cl)cn2)s1. The first-order chi connectivity index (χ1) is 17.0. The molecule has 0 aliphatic rings. The number of thiazole rings is 1. The normalized spacial score (nSPS) is 12.3. The van der Waals surface area contributed by atoms with Gasteiger partial charge in [-0.25, -0.2) is 19.9 Å². The second-order valence-electron chi connectivity index (χ2n) is 7.45. The fourth-order valence-electron chi connectivity index (χ4n) is 3.02. The van der Waals surface area contributed by atoms with Crippen LogP contribution in [0.4, 0.5) is 19.0 Å². The van der Waals surface area contributed by atoms with E-state index in [9.17, 15) is 22.8 Å². The molecule has 10 nitrogen and oxygen atoms in total. The first kappa shape index (κ1) is 25.2. The molecule has 2 amide bonds. The predicted molar refractivity (Wildman–Crippen MR) is 124 cm³/mol. The fourth-order valence-corrected chi connectivity index (χ4v) is 4.05. The Morgan fingerprint density at radius 1 is 1.08 bits per heavy atom. The van der Waals surface area contributed by atoms with Crippen molar-refractivity contribution in [2.75, 3.05) is 5.32 Å². The molecule has 0 aliphatic heterocycles. The Hall–Kier alpha value is -3.91. The lowest BCUT2D eigenvalue weighted by Gasteiger charge is -2.11. The van der Waals surface area contributed by atoms with E-state index < -0.39 is 34.6 Å². The first-order valence-corrected chi connectivity index (χ1v) is 11.3. The van der Waals surface area contributed by atoms with Crippen LogP contribution in [0.3, 0.4) is 0 Å². The molecule has 0 spiro atoms. The number of halogens is 4. The Morgan fingerprint density at radius 2 is 1.86 bits per heavy atom. The zero-order valence-corrected chi connectivity index (χ0v) is 20.1. The molecular formula is C21H16ClF3N8O2S. The highest BCUT2D eigenvalue weighted by atomic mass is 35.5. The molecule has 0 aromatic carbocycles. The zero-order chi connectivity index (χ0) is 26.0. The molecule has 0 saturated carbocycles. The molecule has 0 saturated heterocycles. The summed E-state index contributed by atoms with van der Waals surface area (Å²) in [5, 5.41) is 8.92. The van der Waals surface area contributed by atoms with Gasteiger partial charge < -0.3 is 10.6 Å². The summed E-state index contributed by atoms with van der Waals surface area (Å²) < 4.78 is 40.7. The summed E-state index contributed by atoms with van der Waals surface area (Å²) in [7, 11) is 1.76. The molecule has 1 atom stereocenters. The van der Waals surface area contributed by atoms with E-state index in [4.69, 9.17) is 11.6 Å². The minimum atomic E-state index is -4.70. The van der Waals surface area contributed by atoms with Crippen LogP contribution in [0.1, 0.15) is 43.7 Å². The number of nitrogens with one attached hydrogen (secondary N) is 2. The minimum absolute atomic E-state index is 0.109. The number of hydrogen-bond acceptors (Lipinski definition) is 8. The van der Waals surface area contributed by atoms with E-state index in [1.165, 1.54) is 18.6 Å². The van der Waals surface area contributed by atoms with E-state index >= 15 is 0 Å². The summed E-state index contributed by atoms with van der Waals surface area (Å²) in [6.07, 6.45) is 1.98. The number of amides is 2. The van der Waals surface area contributed by atoms with Crippen molar-refractivity contribution >= 4 is 40.6 Å². The van der Waals surface area contributed by atoms with Crippen LogP contribution in [0.2, 0.25) is 5.02 Å². The van der Waals surface area contributed by atoms with Crippen molar-refractivity contribution in [2.24, 2.45) is 7.05 Å². The fraction of sp³-hybridized carbons (Fsp3) is 0.190. The number of rotatable bonds is 6. The third kappa shape index (κ3) is 5.66. The molecule has 4 heterocycles. The highest BCUT2D eigenvalue weighted by Gasteiger charge is 2.34. The molecule has 2 N–H and O–H groups in total. The maximum atomic E-state index is 13.0. The summed E-state index contributed by atoms with van der Waals surface area (Å²) >= 11 is 6.51. The van der Waals surface area contributed by atoms with Crippen LogP contribution < -0.4 is 10.6 Å². The Kier molecular flexibility index (Phi) is 6.99. The monoisotopic (exact) mass is 536 g/mol. The van der Waals surface area contributed by atoms with Gasteiger partial charge in [-0.3, -0.25) is 14.3 Å². The van der Waals surface area contributed by atoms with Gasteiger partial charge in [-0.15, -0.1) is 11.3 Å². The smallest absolute Gasteiger partial charge is 0.342 e. The van der Waals surface area contributed by atoms with Gasteiger partial charge in [0.25, 0.3) is 11.8 Å². The number of aryl methyl sites for hydroxylation is 1. The van der Waals surface area contributed by atoms with Crippen LogP contribution >= 0.6 is 22.9 Å². The summed E-state index contributed by atoms with van der Waals surface area (Å²) in [5.74, 6) is -1.51. The highest BCUT2D eigenvalue weighted by Crippen LogP contribution is 2.35. The van der Waals surface area contributed by atoms with Crippen LogP contribution in [-0.4, -0.2) is 41.5 Å². The number of carbonyl (C=O) groups excluding carboxylic acids is 2. The number of nitrogens with zero attached hydrogens (tertiary/aromatic N) is 6. The molecule has 0 aliphatic carbocycles. The quantitative estimate of drug-likeness (QED) is 0.379. The van der Waals surface area contributed by atoms with E-state index in [2.05, 4.69) is 35.7 Å². The van der Waals surface area contributed by atoms with Crippen molar-refractivity contribution in [1.29, 1.82) is 0 Å². The molecule has 0 bridgehead atoms. The molecule has 0 fully saturated rings. The van der Waals surface area contributed by atoms with Crippen molar-refractivity contribution in [1.82, 2.24) is 35.0 Å². The van der Waals surface area contributed by atoms with Gasteiger partial charge in [0.2, 0.25) is 0 Å². The molecule has 4 aromatic rings. The van der Waals surface area contributed by atoms with Crippen molar-refractivity contribution in [3.8, 4) is 11.3 Å². The standard InChI is InChI=1S/C21H16ClF3N8O2S/c1-10(31-18(34)15-4-14(28-9-29-15)11-5-30-33(2)8-11)20-27-7-16(36-20)19(35)32-17-3-12(21(23,24)25)13(22)6-26-17/h3-10H,1-2H3,(H,31,34)(H,26,32,35). The second-order valence-corrected chi connectivity index (χ2v) is 8.92. The lowest BCUT2D eigenvalue weighted by Crippen LogP contribution is -2.27. The number of alkyl halides is 3. The van der Waals surface area contributed by atoms with Crippen LogP contribution in [0.5, 0.6) is 0 Å². The zero-order valence-electron chi connectivity index (χ0n) is 18.5. The second kappa shape index (κ2) is 9.99. The summed E-state index contributed by atoms with van der Waals surface area (Å²) in [6.45, 7) is 1.66. The number of hydrogen-bond donors (Lipinski definition) is 2. The topological polar surface area (TPSA) is 128 Å². The van der Waals surface area contributed by atoms with Gasteiger partial charge in [0.15, 0.2) is 0 Å². The average molecular weight is 537 g/mol. The molecular weight excluding hydrogens is 521 g/mol. The molecule has 4 aromatic heterocycles. The van der Waals surface area contributed by atoms with Crippen LogP contribution in [-0.2, 0) is 13.2 Å². The van der Waals surface area contributed by atoms with E-state index in [1.54, 1.807) is 31.0 Å². The van der Waals surface area contributed by atoms with Gasteiger partial charge in [0.05, 0.1) is 34.7 Å². The number of anilines is 1. The Labute approximate surface area is 210 Å². The van der Waals surface area contributed by atoms with Crippen molar-refractivity contribution < 1.29 is 22.8 Å². The van der Waals surface area contributed by atoms with Gasteiger partial charge in [0.1, 0.15) is 27.7 Å². The number of pyridine rings is 1. The minimum Gasteiger partial charge on any atom is -0.342 e. The van der Waals surface area contributed by atoms with Crippen molar-refractivity contribution in [3.05, 3.63) is 69.4 Å². The van der Waals surface area contributed by atoms with Crippen LogP contribution in [0.25, 0.3) is 11.3 Å². The van der Waals surface area contributed by atoms with Gasteiger partial charge in [-0.1, -0.05) is 11.6 Å². The Bertz CT molecular complexity index is 1440. The van der Waals surface area contributed by atoms with Crippen LogP contribution in [0.15, 0.2) is 43.2 Å².